The summed E-state index contributed by atoms with van der Waals surface area (Å²) in [4.78, 5) is 19.3. The normalized spacial score (nSPS) is 17.0. The zero-order chi connectivity index (χ0) is 17.7. The van der Waals surface area contributed by atoms with E-state index in [2.05, 4.69) is 0 Å². The first-order valence-electron chi connectivity index (χ1n) is 9.31. The van der Waals surface area contributed by atoms with Gasteiger partial charge in [-0.1, -0.05) is 0 Å². The van der Waals surface area contributed by atoms with Crippen molar-refractivity contribution in [2.75, 3.05) is 18.8 Å². The van der Waals surface area contributed by atoms with Gasteiger partial charge in [0.1, 0.15) is 5.69 Å². The second-order valence-electron chi connectivity index (χ2n) is 7.13. The first-order valence-corrected chi connectivity index (χ1v) is 9.31. The van der Waals surface area contributed by atoms with Gasteiger partial charge in [0.25, 0.3) is 5.91 Å². The van der Waals surface area contributed by atoms with E-state index < -0.39 is 0 Å². The van der Waals surface area contributed by atoms with Crippen molar-refractivity contribution < 1.29 is 13.6 Å². The van der Waals surface area contributed by atoms with Crippen LogP contribution in [0.25, 0.3) is 22.6 Å². The van der Waals surface area contributed by atoms with Crippen LogP contribution in [0.15, 0.2) is 27.2 Å². The number of nitrogens with two attached hydrogens (primary N) is 1. The summed E-state index contributed by atoms with van der Waals surface area (Å²) in [5.41, 5.74) is 10.4. The number of anilines is 1. The number of pyridine rings is 1. The minimum Gasteiger partial charge on any atom is -0.463 e. The van der Waals surface area contributed by atoms with Gasteiger partial charge in [0.15, 0.2) is 5.76 Å². The van der Waals surface area contributed by atoms with E-state index in [1.165, 1.54) is 5.56 Å². The molecule has 0 aromatic carbocycles. The molecular formula is C20H21N3O3. The van der Waals surface area contributed by atoms with Gasteiger partial charge >= 0.3 is 0 Å². The highest BCUT2D eigenvalue weighted by atomic mass is 16.4. The van der Waals surface area contributed by atoms with Crippen LogP contribution >= 0.6 is 0 Å². The number of furan rings is 2. The van der Waals surface area contributed by atoms with E-state index in [1.54, 1.807) is 6.26 Å². The Hall–Kier alpha value is -2.76. The van der Waals surface area contributed by atoms with Crippen molar-refractivity contribution in [3.05, 3.63) is 35.3 Å². The molecule has 26 heavy (non-hydrogen) atoms. The fourth-order valence-corrected chi connectivity index (χ4v) is 4.25. The Balaban J connectivity index is 1.72. The van der Waals surface area contributed by atoms with Crippen LogP contribution < -0.4 is 5.73 Å². The molecule has 2 N–H and O–H groups in total. The summed E-state index contributed by atoms with van der Waals surface area (Å²) >= 11 is 0. The number of carbonyl (C=O) groups excluding carboxylic acids is 1. The molecule has 6 nitrogen and oxygen atoms in total. The Bertz CT molecular complexity index is 982. The first-order chi connectivity index (χ1) is 12.7. The molecule has 1 fully saturated rings. The molecule has 5 rings (SSSR count). The molecule has 1 aliphatic heterocycles. The Labute approximate surface area is 151 Å². The molecule has 0 bridgehead atoms. The minimum absolute atomic E-state index is 0.123. The zero-order valence-corrected chi connectivity index (χ0v) is 14.6. The Morgan fingerprint density at radius 2 is 1.88 bits per heavy atom. The minimum atomic E-state index is -0.123. The maximum atomic E-state index is 12.8. The summed E-state index contributed by atoms with van der Waals surface area (Å²) in [7, 11) is 0. The number of nitrogen functional groups attached to an aromatic ring is 1. The van der Waals surface area contributed by atoms with Gasteiger partial charge < -0.3 is 19.5 Å². The van der Waals surface area contributed by atoms with Gasteiger partial charge in [0.05, 0.1) is 17.3 Å². The highest BCUT2D eigenvalue weighted by Gasteiger charge is 2.30. The summed E-state index contributed by atoms with van der Waals surface area (Å²) in [5, 5.41) is 0.817. The highest BCUT2D eigenvalue weighted by molar-refractivity contribution is 6.06. The Morgan fingerprint density at radius 3 is 2.62 bits per heavy atom. The van der Waals surface area contributed by atoms with E-state index in [0.29, 0.717) is 11.4 Å². The van der Waals surface area contributed by atoms with Gasteiger partial charge in [0.2, 0.25) is 11.5 Å². The van der Waals surface area contributed by atoms with Crippen molar-refractivity contribution in [1.82, 2.24) is 9.88 Å². The molecule has 0 saturated carbocycles. The van der Waals surface area contributed by atoms with Crippen LogP contribution in [0.2, 0.25) is 0 Å². The van der Waals surface area contributed by atoms with Crippen LogP contribution in [0.5, 0.6) is 0 Å². The number of rotatable bonds is 2. The topological polar surface area (TPSA) is 85.5 Å². The summed E-state index contributed by atoms with van der Waals surface area (Å²) in [6.07, 6.45) is 7.78. The van der Waals surface area contributed by atoms with E-state index in [0.717, 1.165) is 74.0 Å². The van der Waals surface area contributed by atoms with Gasteiger partial charge in [-0.25, -0.2) is 4.98 Å². The number of amides is 1. The lowest BCUT2D eigenvalue weighted by Gasteiger charge is -2.18. The van der Waals surface area contributed by atoms with Crippen molar-refractivity contribution in [3.8, 4) is 11.5 Å². The number of likely N-dealkylation sites (tertiary alicyclic amines) is 1. The van der Waals surface area contributed by atoms with Gasteiger partial charge in [0, 0.05) is 13.1 Å². The third kappa shape index (κ3) is 2.25. The molecule has 6 heteroatoms. The molecule has 1 saturated heterocycles. The predicted molar refractivity (Wildman–Crippen MR) is 97.9 cm³/mol. The third-order valence-electron chi connectivity index (χ3n) is 5.54. The second-order valence-corrected chi connectivity index (χ2v) is 7.13. The van der Waals surface area contributed by atoms with E-state index in [1.807, 2.05) is 17.0 Å². The quantitative estimate of drug-likeness (QED) is 0.759. The van der Waals surface area contributed by atoms with E-state index in [9.17, 15) is 4.79 Å². The molecule has 3 aromatic heterocycles. The third-order valence-corrected chi connectivity index (χ3v) is 5.54. The number of fused-ring (bicyclic) bond motifs is 3. The average molecular weight is 351 g/mol. The summed E-state index contributed by atoms with van der Waals surface area (Å²) in [5.74, 6) is 0.841. The Kier molecular flexibility index (Phi) is 3.51. The lowest BCUT2D eigenvalue weighted by atomic mass is 9.88. The SMILES string of the molecule is Nc1c(C(=O)N2CCCC2)oc2nc(-c3ccco3)c3c(c12)CCCC3. The van der Waals surface area contributed by atoms with Crippen molar-refractivity contribution >= 4 is 22.7 Å². The van der Waals surface area contributed by atoms with Gasteiger partial charge in [-0.15, -0.1) is 0 Å². The van der Waals surface area contributed by atoms with Crippen molar-refractivity contribution in [1.29, 1.82) is 0 Å². The standard InChI is InChI=1S/C20H21N3O3/c21-16-15-12-6-1-2-7-13(12)17(14-8-5-11-25-14)22-19(15)26-18(16)20(24)23-9-3-4-10-23/h5,8,11H,1-4,6-7,9-10,21H2. The molecule has 0 radical (unpaired) electrons. The highest BCUT2D eigenvalue weighted by Crippen LogP contribution is 2.40. The molecular weight excluding hydrogens is 330 g/mol. The number of aromatic nitrogens is 1. The monoisotopic (exact) mass is 351 g/mol. The number of carbonyl (C=O) groups is 1. The van der Waals surface area contributed by atoms with Crippen LogP contribution in [0.1, 0.15) is 47.4 Å². The largest absolute Gasteiger partial charge is 0.463 e. The number of nitrogens with zero attached hydrogens (tertiary/aromatic N) is 2. The lowest BCUT2D eigenvalue weighted by molar-refractivity contribution is 0.0764. The predicted octanol–water partition coefficient (Wildman–Crippen LogP) is 3.78. The number of hydrogen-bond acceptors (Lipinski definition) is 5. The van der Waals surface area contributed by atoms with Gasteiger partial charge in [-0.3, -0.25) is 4.79 Å². The Morgan fingerprint density at radius 1 is 1.12 bits per heavy atom. The van der Waals surface area contributed by atoms with E-state index in [4.69, 9.17) is 19.6 Å². The molecule has 134 valence electrons. The first kappa shape index (κ1) is 15.5. The van der Waals surface area contributed by atoms with E-state index in [-0.39, 0.29) is 11.7 Å². The molecule has 0 unspecified atom stereocenters. The van der Waals surface area contributed by atoms with Crippen molar-refractivity contribution in [2.24, 2.45) is 0 Å². The summed E-state index contributed by atoms with van der Waals surface area (Å²) in [6.45, 7) is 1.52. The zero-order valence-electron chi connectivity index (χ0n) is 14.6. The molecule has 0 atom stereocenters. The maximum absolute atomic E-state index is 12.8. The summed E-state index contributed by atoms with van der Waals surface area (Å²) < 4.78 is 11.5. The molecule has 2 aliphatic rings. The molecule has 0 spiro atoms. The van der Waals surface area contributed by atoms with E-state index >= 15 is 0 Å². The summed E-state index contributed by atoms with van der Waals surface area (Å²) in [6, 6.07) is 3.76. The molecule has 4 heterocycles. The number of hydrogen-bond donors (Lipinski definition) is 1. The smallest absolute Gasteiger partial charge is 0.291 e. The van der Waals surface area contributed by atoms with Crippen LogP contribution in [0.3, 0.4) is 0 Å². The number of aryl methyl sites for hydroxylation is 1. The van der Waals surface area contributed by atoms with Crippen molar-refractivity contribution in [3.63, 3.8) is 0 Å². The van der Waals surface area contributed by atoms with Crippen molar-refractivity contribution in [2.45, 2.75) is 38.5 Å². The maximum Gasteiger partial charge on any atom is 0.291 e. The van der Waals surface area contributed by atoms with Gasteiger partial charge in [-0.2, -0.15) is 0 Å². The molecule has 1 aliphatic carbocycles. The lowest BCUT2D eigenvalue weighted by Crippen LogP contribution is -2.27. The van der Waals surface area contributed by atoms with Crippen LogP contribution in [-0.2, 0) is 12.8 Å². The van der Waals surface area contributed by atoms with Crippen LogP contribution in [0.4, 0.5) is 5.69 Å². The van der Waals surface area contributed by atoms with Crippen LogP contribution in [0, 0.1) is 0 Å². The fourth-order valence-electron chi connectivity index (χ4n) is 4.25. The average Bonchev–Trinajstić information content (AvgIpc) is 3.42. The fraction of sp³-hybridized carbons (Fsp3) is 0.400. The van der Waals surface area contributed by atoms with Gasteiger partial charge in [-0.05, 0) is 61.8 Å². The molecule has 3 aromatic rings. The van der Waals surface area contributed by atoms with Crippen LogP contribution in [-0.4, -0.2) is 28.9 Å². The second kappa shape index (κ2) is 5.90. The molecule has 1 amide bonds.